The Morgan fingerprint density at radius 2 is 2.14 bits per heavy atom. The highest BCUT2D eigenvalue weighted by molar-refractivity contribution is 7.99. The molecule has 2 aliphatic heterocycles. The van der Waals surface area contributed by atoms with E-state index in [1.807, 2.05) is 18.7 Å². The third-order valence-electron chi connectivity index (χ3n) is 4.85. The largest absolute Gasteiger partial charge is 0.388 e. The summed E-state index contributed by atoms with van der Waals surface area (Å²) in [6.45, 7) is 2.61. The second kappa shape index (κ2) is 6.27. The molecule has 0 aliphatic carbocycles. The Hall–Kier alpha value is -0.580. The molecule has 2 nitrogen and oxygen atoms in total. The molecule has 2 saturated heterocycles. The lowest BCUT2D eigenvalue weighted by Crippen LogP contribution is -2.44. The molecule has 0 saturated carbocycles. The molecule has 2 heterocycles. The zero-order valence-electron chi connectivity index (χ0n) is 12.5. The normalized spacial score (nSPS) is 26.7. The van der Waals surface area contributed by atoms with E-state index in [0.29, 0.717) is 12.2 Å². The Balaban J connectivity index is 1.77. The van der Waals surface area contributed by atoms with Crippen molar-refractivity contribution in [3.63, 3.8) is 0 Å². The summed E-state index contributed by atoms with van der Waals surface area (Å²) in [5, 5.41) is 10.7. The molecule has 2 fully saturated rings. The van der Waals surface area contributed by atoms with E-state index in [9.17, 15) is 9.50 Å². The van der Waals surface area contributed by atoms with Crippen molar-refractivity contribution in [1.29, 1.82) is 0 Å². The van der Waals surface area contributed by atoms with Gasteiger partial charge in [-0.15, -0.1) is 0 Å². The van der Waals surface area contributed by atoms with Gasteiger partial charge in [-0.25, -0.2) is 4.39 Å². The topological polar surface area (TPSA) is 29.5 Å². The third kappa shape index (κ3) is 3.27. The lowest BCUT2D eigenvalue weighted by molar-refractivity contribution is -0.121. The number of halogens is 1. The van der Waals surface area contributed by atoms with Crippen LogP contribution in [0.4, 0.5) is 4.39 Å². The molecule has 2 unspecified atom stereocenters. The van der Waals surface area contributed by atoms with E-state index in [0.717, 1.165) is 42.8 Å². The van der Waals surface area contributed by atoms with Gasteiger partial charge in [0.05, 0.1) is 11.7 Å². The predicted molar refractivity (Wildman–Crippen MR) is 84.1 cm³/mol. The molecule has 0 radical (unpaired) electrons. The zero-order chi connectivity index (χ0) is 14.9. The van der Waals surface area contributed by atoms with Crippen molar-refractivity contribution in [1.82, 2.24) is 0 Å². The highest BCUT2D eigenvalue weighted by Gasteiger charge is 2.41. The quantitative estimate of drug-likeness (QED) is 0.899. The highest BCUT2D eigenvalue weighted by Crippen LogP contribution is 2.43. The molecule has 0 amide bonds. The lowest BCUT2D eigenvalue weighted by Gasteiger charge is -2.44. The summed E-state index contributed by atoms with van der Waals surface area (Å²) in [6, 6.07) is 4.98. The smallest absolute Gasteiger partial charge is 0.129 e. The van der Waals surface area contributed by atoms with Gasteiger partial charge in [0, 0.05) is 12.2 Å². The van der Waals surface area contributed by atoms with E-state index >= 15 is 0 Å². The summed E-state index contributed by atoms with van der Waals surface area (Å²) in [6.07, 6.45) is 3.04. The highest BCUT2D eigenvalue weighted by atomic mass is 32.2. The number of aryl methyl sites for hydroxylation is 1. The molecule has 1 N–H and O–H groups in total. The van der Waals surface area contributed by atoms with Crippen LogP contribution in [0.5, 0.6) is 0 Å². The fraction of sp³-hybridized carbons (Fsp3) is 0.647. The Labute approximate surface area is 130 Å². The summed E-state index contributed by atoms with van der Waals surface area (Å²) >= 11 is 1.97. The molecular formula is C17H23FO2S. The molecule has 4 heteroatoms. The van der Waals surface area contributed by atoms with Gasteiger partial charge in [0.2, 0.25) is 0 Å². The summed E-state index contributed by atoms with van der Waals surface area (Å²) in [5.41, 5.74) is 1.36. The molecule has 0 aromatic heterocycles. The molecule has 0 bridgehead atoms. The molecule has 2 aliphatic rings. The maximum atomic E-state index is 14.0. The monoisotopic (exact) mass is 310 g/mol. The van der Waals surface area contributed by atoms with Crippen molar-refractivity contribution in [2.75, 3.05) is 18.1 Å². The van der Waals surface area contributed by atoms with Crippen molar-refractivity contribution < 1.29 is 14.2 Å². The van der Waals surface area contributed by atoms with Gasteiger partial charge in [-0.05, 0) is 56.1 Å². The minimum Gasteiger partial charge on any atom is -0.388 e. The standard InChI is InChI=1S/C17H23FO2S/c1-12-2-3-15(18)14(10-12)16(19)13-4-7-20-17(11-13)5-8-21-9-6-17/h2-3,10,13,16,19H,4-9,11H2,1H3. The van der Waals surface area contributed by atoms with Crippen LogP contribution in [0.1, 0.15) is 42.9 Å². The molecular weight excluding hydrogens is 287 g/mol. The minimum absolute atomic E-state index is 0.0740. The van der Waals surface area contributed by atoms with Crippen LogP contribution >= 0.6 is 11.8 Å². The number of ether oxygens (including phenoxy) is 1. The number of hydrogen-bond acceptors (Lipinski definition) is 3. The van der Waals surface area contributed by atoms with Crippen molar-refractivity contribution in [2.45, 2.75) is 44.3 Å². The van der Waals surface area contributed by atoms with E-state index in [-0.39, 0.29) is 17.3 Å². The second-order valence-corrected chi connectivity index (χ2v) is 7.59. The average molecular weight is 310 g/mol. The molecule has 116 valence electrons. The van der Waals surface area contributed by atoms with Crippen LogP contribution < -0.4 is 0 Å². The first-order valence-corrected chi connectivity index (χ1v) is 8.91. The van der Waals surface area contributed by atoms with Crippen LogP contribution in [0.3, 0.4) is 0 Å². The van der Waals surface area contributed by atoms with Crippen LogP contribution in [0, 0.1) is 18.7 Å². The second-order valence-electron chi connectivity index (χ2n) is 6.37. The predicted octanol–water partition coefficient (Wildman–Crippen LogP) is 3.86. The SMILES string of the molecule is Cc1ccc(F)c(C(O)C2CCOC3(CCSCC3)C2)c1. The molecule has 1 aromatic carbocycles. The fourth-order valence-electron chi connectivity index (χ4n) is 3.57. The zero-order valence-corrected chi connectivity index (χ0v) is 13.3. The van der Waals surface area contributed by atoms with Gasteiger partial charge in [-0.2, -0.15) is 11.8 Å². The molecule has 21 heavy (non-hydrogen) atoms. The average Bonchev–Trinajstić information content (AvgIpc) is 2.50. The maximum Gasteiger partial charge on any atom is 0.129 e. The van der Waals surface area contributed by atoms with Crippen molar-refractivity contribution in [2.24, 2.45) is 5.92 Å². The van der Waals surface area contributed by atoms with Gasteiger partial charge in [0.15, 0.2) is 0 Å². The number of aliphatic hydroxyl groups is 1. The lowest BCUT2D eigenvalue weighted by atomic mass is 9.78. The van der Waals surface area contributed by atoms with E-state index < -0.39 is 6.10 Å². The van der Waals surface area contributed by atoms with Gasteiger partial charge in [0.25, 0.3) is 0 Å². The first-order chi connectivity index (χ1) is 10.1. The Morgan fingerprint density at radius 3 is 2.90 bits per heavy atom. The van der Waals surface area contributed by atoms with Crippen molar-refractivity contribution in [3.05, 3.63) is 35.1 Å². The summed E-state index contributed by atoms with van der Waals surface area (Å²) in [4.78, 5) is 0. The number of aliphatic hydroxyl groups excluding tert-OH is 1. The Kier molecular flexibility index (Phi) is 4.57. The van der Waals surface area contributed by atoms with Crippen molar-refractivity contribution in [3.8, 4) is 0 Å². The molecule has 1 aromatic rings. The number of thioether (sulfide) groups is 1. The first-order valence-electron chi connectivity index (χ1n) is 7.75. The van der Waals surface area contributed by atoms with Crippen LogP contribution in [0.15, 0.2) is 18.2 Å². The van der Waals surface area contributed by atoms with Gasteiger partial charge in [-0.3, -0.25) is 0 Å². The Bertz CT molecular complexity index is 494. The minimum atomic E-state index is -0.722. The number of hydrogen-bond donors (Lipinski definition) is 1. The van der Waals surface area contributed by atoms with E-state index in [2.05, 4.69) is 0 Å². The van der Waals surface area contributed by atoms with E-state index in [1.165, 1.54) is 6.07 Å². The van der Waals surface area contributed by atoms with Gasteiger partial charge < -0.3 is 9.84 Å². The van der Waals surface area contributed by atoms with Gasteiger partial charge in [0.1, 0.15) is 5.82 Å². The summed E-state index contributed by atoms with van der Waals surface area (Å²) in [7, 11) is 0. The third-order valence-corrected chi connectivity index (χ3v) is 5.84. The summed E-state index contributed by atoms with van der Waals surface area (Å²) in [5.74, 6) is 2.05. The molecule has 3 rings (SSSR count). The maximum absolute atomic E-state index is 14.0. The van der Waals surface area contributed by atoms with Crippen LogP contribution in [0.25, 0.3) is 0 Å². The number of benzene rings is 1. The molecule has 2 atom stereocenters. The summed E-state index contributed by atoms with van der Waals surface area (Å²) < 4.78 is 20.1. The first kappa shape index (κ1) is 15.3. The van der Waals surface area contributed by atoms with E-state index in [1.54, 1.807) is 12.1 Å². The van der Waals surface area contributed by atoms with Crippen LogP contribution in [-0.4, -0.2) is 28.8 Å². The van der Waals surface area contributed by atoms with Crippen LogP contribution in [-0.2, 0) is 4.74 Å². The van der Waals surface area contributed by atoms with Crippen molar-refractivity contribution >= 4 is 11.8 Å². The van der Waals surface area contributed by atoms with Gasteiger partial charge >= 0.3 is 0 Å². The Morgan fingerprint density at radius 1 is 1.38 bits per heavy atom. The van der Waals surface area contributed by atoms with Gasteiger partial charge in [-0.1, -0.05) is 17.7 Å². The number of rotatable bonds is 2. The fourth-order valence-corrected chi connectivity index (χ4v) is 4.81. The molecule has 1 spiro atoms. The van der Waals surface area contributed by atoms with Crippen LogP contribution in [0.2, 0.25) is 0 Å². The van der Waals surface area contributed by atoms with E-state index in [4.69, 9.17) is 4.74 Å².